The van der Waals surface area contributed by atoms with Crippen molar-refractivity contribution < 1.29 is 9.90 Å². The molecule has 1 amide bonds. The maximum absolute atomic E-state index is 12.6. The molecule has 0 saturated heterocycles. The van der Waals surface area contributed by atoms with Gasteiger partial charge in [0.1, 0.15) is 5.69 Å². The summed E-state index contributed by atoms with van der Waals surface area (Å²) in [6.45, 7) is 2.23. The van der Waals surface area contributed by atoms with Gasteiger partial charge in [0.2, 0.25) is 0 Å². The molecule has 0 unspecified atom stereocenters. The molecule has 2 N–H and O–H groups in total. The van der Waals surface area contributed by atoms with Crippen LogP contribution in [0.15, 0.2) is 12.3 Å². The molecule has 5 heteroatoms. The van der Waals surface area contributed by atoms with Gasteiger partial charge in [0.05, 0.1) is 17.2 Å². The third-order valence-electron chi connectivity index (χ3n) is 4.90. The van der Waals surface area contributed by atoms with Gasteiger partial charge in [0.15, 0.2) is 0 Å². The van der Waals surface area contributed by atoms with Crippen LogP contribution in [0.25, 0.3) is 0 Å². The van der Waals surface area contributed by atoms with Crippen LogP contribution in [0.1, 0.15) is 62.0 Å². The van der Waals surface area contributed by atoms with Gasteiger partial charge in [-0.05, 0) is 50.5 Å². The molecule has 0 atom stereocenters. The van der Waals surface area contributed by atoms with E-state index < -0.39 is 5.54 Å². The minimum Gasteiger partial charge on any atom is -0.394 e. The van der Waals surface area contributed by atoms with Crippen molar-refractivity contribution in [2.45, 2.75) is 57.0 Å². The number of nitrogens with zero attached hydrogens (tertiary/aromatic N) is 1. The number of amides is 1. The summed E-state index contributed by atoms with van der Waals surface area (Å²) >= 11 is 6.06. The summed E-state index contributed by atoms with van der Waals surface area (Å²) in [5.74, 6) is 0.559. The van der Waals surface area contributed by atoms with Crippen LogP contribution in [0.5, 0.6) is 0 Å². The number of aliphatic hydroxyl groups excluding tert-OH is 1. The lowest BCUT2D eigenvalue weighted by Crippen LogP contribution is -2.53. The average molecular weight is 311 g/mol. The monoisotopic (exact) mass is 310 g/mol. The van der Waals surface area contributed by atoms with Gasteiger partial charge in [-0.2, -0.15) is 0 Å². The number of hydrogen-bond acceptors (Lipinski definition) is 2. The Bertz CT molecular complexity index is 528. The van der Waals surface area contributed by atoms with Gasteiger partial charge in [0.25, 0.3) is 5.91 Å². The van der Waals surface area contributed by atoms with E-state index in [0.29, 0.717) is 22.7 Å². The Balaban J connectivity index is 1.76. The fraction of sp³-hybridized carbons (Fsp3) is 0.688. The Morgan fingerprint density at radius 1 is 1.43 bits per heavy atom. The number of carbonyl (C=O) groups is 1. The quantitative estimate of drug-likeness (QED) is 0.897. The first-order chi connectivity index (χ1) is 10.0. The van der Waals surface area contributed by atoms with Gasteiger partial charge in [0, 0.05) is 12.2 Å². The third-order valence-corrected chi connectivity index (χ3v) is 5.11. The maximum Gasteiger partial charge on any atom is 0.268 e. The maximum atomic E-state index is 12.6. The lowest BCUT2D eigenvalue weighted by Gasteiger charge is -2.38. The van der Waals surface area contributed by atoms with Crippen LogP contribution in [0, 0.1) is 5.92 Å². The standard InChI is InChI=1S/C16H23ClN2O2/c1-11-4-6-16(10-20,7-5-11)18-15(21)14-8-12(17)9-19(14)13-2-3-13/h8-9,11,13,20H,2-7,10H2,1H3,(H,18,21). The molecule has 2 aliphatic rings. The molecular weight excluding hydrogens is 288 g/mol. The normalized spacial score (nSPS) is 29.4. The molecule has 2 aliphatic carbocycles. The number of aliphatic hydroxyl groups is 1. The van der Waals surface area contributed by atoms with Gasteiger partial charge < -0.3 is 15.0 Å². The molecule has 2 saturated carbocycles. The number of rotatable bonds is 4. The van der Waals surface area contributed by atoms with Crippen LogP contribution >= 0.6 is 11.6 Å². The van der Waals surface area contributed by atoms with Crippen LogP contribution < -0.4 is 5.32 Å². The highest BCUT2D eigenvalue weighted by atomic mass is 35.5. The minimum atomic E-state index is -0.464. The molecule has 1 aromatic rings. The molecule has 2 fully saturated rings. The number of carbonyl (C=O) groups excluding carboxylic acids is 1. The topological polar surface area (TPSA) is 54.3 Å². The lowest BCUT2D eigenvalue weighted by atomic mass is 9.77. The van der Waals surface area contributed by atoms with Crippen LogP contribution in [0.3, 0.4) is 0 Å². The van der Waals surface area contributed by atoms with Crippen LogP contribution in [0.2, 0.25) is 5.02 Å². The van der Waals surface area contributed by atoms with E-state index in [2.05, 4.69) is 12.2 Å². The van der Waals surface area contributed by atoms with E-state index in [-0.39, 0.29) is 12.5 Å². The number of hydrogen-bond donors (Lipinski definition) is 2. The molecule has 1 heterocycles. The lowest BCUT2D eigenvalue weighted by molar-refractivity contribution is 0.0709. The highest BCUT2D eigenvalue weighted by Gasteiger charge is 2.36. The highest BCUT2D eigenvalue weighted by Crippen LogP contribution is 2.38. The molecule has 4 nitrogen and oxygen atoms in total. The second-order valence-corrected chi connectivity index (χ2v) is 7.19. The summed E-state index contributed by atoms with van der Waals surface area (Å²) in [6.07, 6.45) is 7.82. The Morgan fingerprint density at radius 2 is 2.10 bits per heavy atom. The van der Waals surface area contributed by atoms with Crippen LogP contribution in [-0.4, -0.2) is 27.7 Å². The van der Waals surface area contributed by atoms with Gasteiger partial charge >= 0.3 is 0 Å². The predicted molar refractivity (Wildman–Crippen MR) is 82.6 cm³/mol. The van der Waals surface area contributed by atoms with E-state index in [1.54, 1.807) is 6.07 Å². The molecule has 116 valence electrons. The number of nitrogens with one attached hydrogen (secondary N) is 1. The van der Waals surface area contributed by atoms with E-state index in [9.17, 15) is 9.90 Å². The van der Waals surface area contributed by atoms with Crippen molar-refractivity contribution >= 4 is 17.5 Å². The summed E-state index contributed by atoms with van der Waals surface area (Å²) in [6, 6.07) is 2.14. The first kappa shape index (κ1) is 14.9. The molecule has 0 aliphatic heterocycles. The Kier molecular flexibility index (Phi) is 4.02. The highest BCUT2D eigenvalue weighted by molar-refractivity contribution is 6.31. The van der Waals surface area contributed by atoms with E-state index in [1.165, 1.54) is 0 Å². The van der Waals surface area contributed by atoms with Gasteiger partial charge in [-0.15, -0.1) is 0 Å². The molecule has 21 heavy (non-hydrogen) atoms. The van der Waals surface area contributed by atoms with Crippen molar-refractivity contribution in [2.75, 3.05) is 6.61 Å². The summed E-state index contributed by atoms with van der Waals surface area (Å²) in [5, 5.41) is 13.5. The Labute approximate surface area is 130 Å². The second kappa shape index (κ2) is 5.65. The van der Waals surface area contributed by atoms with Crippen molar-refractivity contribution in [3.05, 3.63) is 23.0 Å². The summed E-state index contributed by atoms with van der Waals surface area (Å²) in [4.78, 5) is 12.6. The van der Waals surface area contributed by atoms with Gasteiger partial charge in [-0.25, -0.2) is 0 Å². The van der Waals surface area contributed by atoms with Crippen molar-refractivity contribution in [3.8, 4) is 0 Å². The Morgan fingerprint density at radius 3 is 2.67 bits per heavy atom. The Hall–Kier alpha value is -1.00. The van der Waals surface area contributed by atoms with Crippen LogP contribution in [0.4, 0.5) is 0 Å². The second-order valence-electron chi connectivity index (χ2n) is 6.76. The first-order valence-corrected chi connectivity index (χ1v) is 8.21. The van der Waals surface area contributed by atoms with E-state index in [4.69, 9.17) is 11.6 Å². The molecule has 3 rings (SSSR count). The van der Waals surface area contributed by atoms with Crippen LogP contribution in [-0.2, 0) is 0 Å². The zero-order valence-corrected chi connectivity index (χ0v) is 13.2. The van der Waals surface area contributed by atoms with Gasteiger partial charge in [-0.1, -0.05) is 18.5 Å². The van der Waals surface area contributed by atoms with E-state index in [1.807, 2.05) is 10.8 Å². The van der Waals surface area contributed by atoms with Crippen molar-refractivity contribution in [3.63, 3.8) is 0 Å². The molecule has 0 aromatic carbocycles. The minimum absolute atomic E-state index is 0.00330. The largest absolute Gasteiger partial charge is 0.394 e. The zero-order valence-electron chi connectivity index (χ0n) is 12.4. The van der Waals surface area contributed by atoms with Crippen molar-refractivity contribution in [1.82, 2.24) is 9.88 Å². The van der Waals surface area contributed by atoms with Crippen molar-refractivity contribution in [1.29, 1.82) is 0 Å². The first-order valence-electron chi connectivity index (χ1n) is 7.84. The SMILES string of the molecule is CC1CCC(CO)(NC(=O)c2cc(Cl)cn2C2CC2)CC1. The zero-order chi connectivity index (χ0) is 15.0. The van der Waals surface area contributed by atoms with E-state index >= 15 is 0 Å². The number of aromatic nitrogens is 1. The summed E-state index contributed by atoms with van der Waals surface area (Å²) < 4.78 is 1.98. The summed E-state index contributed by atoms with van der Waals surface area (Å²) in [5.41, 5.74) is 0.156. The van der Waals surface area contributed by atoms with Crippen molar-refractivity contribution in [2.24, 2.45) is 5.92 Å². The molecule has 1 aromatic heterocycles. The fourth-order valence-corrected chi connectivity index (χ4v) is 3.43. The molecule has 0 spiro atoms. The average Bonchev–Trinajstić information content (AvgIpc) is 3.24. The fourth-order valence-electron chi connectivity index (χ4n) is 3.22. The molecule has 0 bridgehead atoms. The number of halogens is 1. The molecule has 0 radical (unpaired) electrons. The third kappa shape index (κ3) is 3.11. The smallest absolute Gasteiger partial charge is 0.268 e. The summed E-state index contributed by atoms with van der Waals surface area (Å²) in [7, 11) is 0. The predicted octanol–water partition coefficient (Wildman–Crippen LogP) is 3.15. The van der Waals surface area contributed by atoms with Gasteiger partial charge in [-0.3, -0.25) is 4.79 Å². The molecular formula is C16H23ClN2O2. The van der Waals surface area contributed by atoms with E-state index in [0.717, 1.165) is 38.5 Å².